The summed E-state index contributed by atoms with van der Waals surface area (Å²) in [5.41, 5.74) is 1.14. The van der Waals surface area contributed by atoms with Gasteiger partial charge in [0.05, 0.1) is 17.3 Å². The van der Waals surface area contributed by atoms with Crippen LogP contribution in [0.2, 0.25) is 0 Å². The zero-order valence-electron chi connectivity index (χ0n) is 9.75. The molecule has 0 aliphatic carbocycles. The molecule has 15 heavy (non-hydrogen) atoms. The fraction of sp³-hybridized carbons (Fsp3) is 0.727. The zero-order valence-corrected chi connectivity index (χ0v) is 10.6. The molecule has 1 heterocycles. The van der Waals surface area contributed by atoms with E-state index in [1.807, 2.05) is 6.92 Å². The molecular weight excluding hydrogens is 208 g/mol. The zero-order chi connectivity index (χ0) is 11.1. The summed E-state index contributed by atoms with van der Waals surface area (Å²) in [5, 5.41) is 6.65. The van der Waals surface area contributed by atoms with Crippen molar-refractivity contribution in [2.24, 2.45) is 0 Å². The van der Waals surface area contributed by atoms with Crippen molar-refractivity contribution in [2.75, 3.05) is 19.8 Å². The number of nitrogens with one attached hydrogen (secondary N) is 1. The molecule has 0 bridgehead atoms. The van der Waals surface area contributed by atoms with Gasteiger partial charge >= 0.3 is 0 Å². The van der Waals surface area contributed by atoms with Gasteiger partial charge in [0.1, 0.15) is 0 Å². The summed E-state index contributed by atoms with van der Waals surface area (Å²) in [6, 6.07) is 0. The second-order valence-electron chi connectivity index (χ2n) is 3.71. The SMILES string of the molecule is CCOCCNCc1csc(C(C)C)n1. The molecule has 1 N–H and O–H groups in total. The van der Waals surface area contributed by atoms with E-state index < -0.39 is 0 Å². The number of hydrogen-bond acceptors (Lipinski definition) is 4. The molecule has 0 aromatic carbocycles. The molecule has 0 radical (unpaired) electrons. The molecule has 1 rings (SSSR count). The van der Waals surface area contributed by atoms with Crippen LogP contribution in [0.5, 0.6) is 0 Å². The van der Waals surface area contributed by atoms with E-state index in [1.165, 1.54) is 5.01 Å². The molecule has 0 amide bonds. The molecule has 1 aromatic heterocycles. The molecule has 4 heteroatoms. The number of hydrogen-bond donors (Lipinski definition) is 1. The Morgan fingerprint density at radius 1 is 1.53 bits per heavy atom. The van der Waals surface area contributed by atoms with Crippen LogP contribution in [0.1, 0.15) is 37.4 Å². The first-order chi connectivity index (χ1) is 7.24. The Morgan fingerprint density at radius 2 is 2.33 bits per heavy atom. The van der Waals surface area contributed by atoms with Crippen LogP contribution in [0.3, 0.4) is 0 Å². The second kappa shape index (κ2) is 6.93. The lowest BCUT2D eigenvalue weighted by Gasteiger charge is -2.02. The molecule has 0 aliphatic heterocycles. The van der Waals surface area contributed by atoms with Crippen molar-refractivity contribution in [2.45, 2.75) is 33.2 Å². The third-order valence-corrected chi connectivity index (χ3v) is 3.19. The average Bonchev–Trinajstić information content (AvgIpc) is 2.66. The van der Waals surface area contributed by atoms with Crippen molar-refractivity contribution in [1.82, 2.24) is 10.3 Å². The lowest BCUT2D eigenvalue weighted by atomic mass is 10.2. The van der Waals surface area contributed by atoms with Crippen LogP contribution in [0.15, 0.2) is 5.38 Å². The highest BCUT2D eigenvalue weighted by Crippen LogP contribution is 2.18. The van der Waals surface area contributed by atoms with Crippen molar-refractivity contribution in [3.63, 3.8) is 0 Å². The van der Waals surface area contributed by atoms with Gasteiger partial charge in [0.15, 0.2) is 0 Å². The molecule has 86 valence electrons. The van der Waals surface area contributed by atoms with Crippen molar-refractivity contribution in [3.8, 4) is 0 Å². The first-order valence-electron chi connectivity index (χ1n) is 5.46. The van der Waals surface area contributed by atoms with E-state index >= 15 is 0 Å². The molecule has 0 saturated carbocycles. The van der Waals surface area contributed by atoms with Gasteiger partial charge in [-0.25, -0.2) is 4.98 Å². The van der Waals surface area contributed by atoms with E-state index in [2.05, 4.69) is 29.5 Å². The third-order valence-electron chi connectivity index (χ3n) is 2.00. The van der Waals surface area contributed by atoms with Gasteiger partial charge in [-0.05, 0) is 6.92 Å². The maximum absolute atomic E-state index is 5.23. The van der Waals surface area contributed by atoms with Gasteiger partial charge < -0.3 is 10.1 Å². The highest BCUT2D eigenvalue weighted by atomic mass is 32.1. The largest absolute Gasteiger partial charge is 0.380 e. The molecule has 0 saturated heterocycles. The summed E-state index contributed by atoms with van der Waals surface area (Å²) >= 11 is 1.74. The summed E-state index contributed by atoms with van der Waals surface area (Å²) in [5.74, 6) is 0.534. The number of ether oxygens (including phenoxy) is 1. The van der Waals surface area contributed by atoms with Crippen LogP contribution in [0, 0.1) is 0 Å². The standard InChI is InChI=1S/C11H20N2OS/c1-4-14-6-5-12-7-10-8-15-11(13-10)9(2)3/h8-9,12H,4-7H2,1-3H3. The molecule has 0 aliphatic rings. The number of aromatic nitrogens is 1. The molecule has 0 fully saturated rings. The summed E-state index contributed by atoms with van der Waals surface area (Å²) in [6.07, 6.45) is 0. The van der Waals surface area contributed by atoms with Crippen LogP contribution >= 0.6 is 11.3 Å². The molecule has 0 spiro atoms. The lowest BCUT2D eigenvalue weighted by molar-refractivity contribution is 0.149. The number of rotatable bonds is 7. The molecule has 1 aromatic rings. The fourth-order valence-corrected chi connectivity index (χ4v) is 2.01. The Morgan fingerprint density at radius 3 is 2.93 bits per heavy atom. The van der Waals surface area contributed by atoms with Gasteiger partial charge in [-0.15, -0.1) is 11.3 Å². The lowest BCUT2D eigenvalue weighted by Crippen LogP contribution is -2.19. The fourth-order valence-electron chi connectivity index (χ4n) is 1.17. The maximum atomic E-state index is 5.23. The van der Waals surface area contributed by atoms with Crippen LogP contribution in [-0.4, -0.2) is 24.7 Å². The van der Waals surface area contributed by atoms with Crippen LogP contribution in [0.4, 0.5) is 0 Å². The van der Waals surface area contributed by atoms with E-state index in [9.17, 15) is 0 Å². The third kappa shape index (κ3) is 4.73. The number of thiazole rings is 1. The molecule has 3 nitrogen and oxygen atoms in total. The van der Waals surface area contributed by atoms with E-state index in [-0.39, 0.29) is 0 Å². The minimum absolute atomic E-state index is 0.534. The summed E-state index contributed by atoms with van der Waals surface area (Å²) in [6.45, 7) is 9.65. The summed E-state index contributed by atoms with van der Waals surface area (Å²) < 4.78 is 5.23. The monoisotopic (exact) mass is 228 g/mol. The predicted molar refractivity (Wildman–Crippen MR) is 64.4 cm³/mol. The quantitative estimate of drug-likeness (QED) is 0.728. The van der Waals surface area contributed by atoms with Crippen LogP contribution in [-0.2, 0) is 11.3 Å². The van der Waals surface area contributed by atoms with Crippen molar-refractivity contribution in [1.29, 1.82) is 0 Å². The number of nitrogens with zero attached hydrogens (tertiary/aromatic N) is 1. The summed E-state index contributed by atoms with van der Waals surface area (Å²) in [4.78, 5) is 4.54. The smallest absolute Gasteiger partial charge is 0.0954 e. The molecule has 0 atom stereocenters. The highest BCUT2D eigenvalue weighted by molar-refractivity contribution is 7.09. The summed E-state index contributed by atoms with van der Waals surface area (Å²) in [7, 11) is 0. The van der Waals surface area contributed by atoms with Gasteiger partial charge in [0.2, 0.25) is 0 Å². The van der Waals surface area contributed by atoms with Crippen molar-refractivity contribution >= 4 is 11.3 Å². The molecule has 0 unspecified atom stereocenters. The van der Waals surface area contributed by atoms with E-state index in [0.717, 1.165) is 32.0 Å². The van der Waals surface area contributed by atoms with Gasteiger partial charge in [-0.3, -0.25) is 0 Å². The van der Waals surface area contributed by atoms with Gasteiger partial charge in [0.25, 0.3) is 0 Å². The Hall–Kier alpha value is -0.450. The van der Waals surface area contributed by atoms with Gasteiger partial charge in [-0.1, -0.05) is 13.8 Å². The van der Waals surface area contributed by atoms with E-state index in [4.69, 9.17) is 4.74 Å². The maximum Gasteiger partial charge on any atom is 0.0954 e. The van der Waals surface area contributed by atoms with Crippen molar-refractivity contribution in [3.05, 3.63) is 16.1 Å². The van der Waals surface area contributed by atoms with E-state index in [1.54, 1.807) is 11.3 Å². The average molecular weight is 228 g/mol. The minimum atomic E-state index is 0.534. The van der Waals surface area contributed by atoms with E-state index in [0.29, 0.717) is 5.92 Å². The highest BCUT2D eigenvalue weighted by Gasteiger charge is 2.04. The Balaban J connectivity index is 2.20. The van der Waals surface area contributed by atoms with Gasteiger partial charge in [-0.2, -0.15) is 0 Å². The Labute approximate surface area is 95.9 Å². The normalized spacial score (nSPS) is 11.2. The predicted octanol–water partition coefficient (Wildman–Crippen LogP) is 2.39. The Kier molecular flexibility index (Phi) is 5.83. The first kappa shape index (κ1) is 12.6. The Bertz CT molecular complexity index is 273. The topological polar surface area (TPSA) is 34.1 Å². The van der Waals surface area contributed by atoms with Crippen LogP contribution in [0.25, 0.3) is 0 Å². The molecular formula is C11H20N2OS. The van der Waals surface area contributed by atoms with Gasteiger partial charge in [0, 0.05) is 31.0 Å². The second-order valence-corrected chi connectivity index (χ2v) is 4.60. The van der Waals surface area contributed by atoms with Crippen LogP contribution < -0.4 is 5.32 Å². The minimum Gasteiger partial charge on any atom is -0.380 e. The van der Waals surface area contributed by atoms with Crippen molar-refractivity contribution < 1.29 is 4.74 Å². The first-order valence-corrected chi connectivity index (χ1v) is 6.34.